The molecule has 0 saturated carbocycles. The second-order valence-electron chi connectivity index (χ2n) is 14.2. The summed E-state index contributed by atoms with van der Waals surface area (Å²) in [6, 6.07) is 69.1. The molecule has 0 amide bonds. The first-order chi connectivity index (χ1) is 26.3. The summed E-state index contributed by atoms with van der Waals surface area (Å²) in [5.41, 5.74) is 10.7. The van der Waals surface area contributed by atoms with E-state index in [4.69, 9.17) is 0 Å². The van der Waals surface area contributed by atoms with Crippen LogP contribution in [-0.4, -0.2) is 13.7 Å². The van der Waals surface area contributed by atoms with E-state index in [0.717, 1.165) is 17.1 Å². The van der Waals surface area contributed by atoms with Crippen molar-refractivity contribution in [3.63, 3.8) is 0 Å². The number of nitrogens with zero attached hydrogens (tertiary/aromatic N) is 3. The third-order valence-electron chi connectivity index (χ3n) is 11.4. The molecule has 12 rings (SSSR count). The highest BCUT2D eigenvalue weighted by Crippen LogP contribution is 2.41. The number of benzene rings is 9. The maximum atomic E-state index is 2.45. The average molecular weight is 674 g/mol. The lowest BCUT2D eigenvalue weighted by atomic mass is 10.0. The van der Waals surface area contributed by atoms with Crippen LogP contribution in [0.2, 0.25) is 0 Å². The highest BCUT2D eigenvalue weighted by Gasteiger charge is 2.19. The fourth-order valence-corrected chi connectivity index (χ4v) is 9.08. The lowest BCUT2D eigenvalue weighted by molar-refractivity contribution is 1.14. The molecule has 53 heavy (non-hydrogen) atoms. The predicted octanol–water partition coefficient (Wildman–Crippen LogP) is 13.3. The Kier molecular flexibility index (Phi) is 5.77. The average Bonchev–Trinajstić information content (AvgIpc) is 3.85. The smallest absolute Gasteiger partial charge is 0.0562 e. The van der Waals surface area contributed by atoms with Gasteiger partial charge in [0.2, 0.25) is 0 Å². The van der Waals surface area contributed by atoms with Crippen molar-refractivity contribution in [2.45, 2.75) is 0 Å². The quantitative estimate of drug-likeness (QED) is 0.166. The maximum absolute atomic E-state index is 2.45. The van der Waals surface area contributed by atoms with Gasteiger partial charge in [0.05, 0.1) is 33.1 Å². The number of hydrogen-bond donors (Lipinski definition) is 0. The first-order valence-corrected chi connectivity index (χ1v) is 18.3. The van der Waals surface area contributed by atoms with E-state index in [0.29, 0.717) is 0 Å². The molecule has 3 nitrogen and oxygen atoms in total. The zero-order valence-electron chi connectivity index (χ0n) is 28.7. The van der Waals surface area contributed by atoms with Crippen molar-refractivity contribution in [2.75, 3.05) is 0 Å². The van der Waals surface area contributed by atoms with E-state index in [9.17, 15) is 0 Å². The summed E-state index contributed by atoms with van der Waals surface area (Å²) in [4.78, 5) is 0. The molecule has 0 bridgehead atoms. The standard InChI is InChI=1S/C50H31N3/c1-2-12-37-32(11-1)21-22-33-29-36(27-28-38(33)37)53-48-20-10-6-16-42(48)44-30-43-41-15-5-9-19-47(41)52(49(43)31-50(44)53)35-25-23-34(24-26-35)51-45-17-7-3-13-39(45)40-14-4-8-18-46(40)51/h1-31H. The largest absolute Gasteiger partial charge is 0.309 e. The summed E-state index contributed by atoms with van der Waals surface area (Å²) in [6.45, 7) is 0. The Morgan fingerprint density at radius 2 is 0.585 bits per heavy atom. The molecule has 9 aromatic carbocycles. The van der Waals surface area contributed by atoms with Crippen molar-refractivity contribution in [2.24, 2.45) is 0 Å². The van der Waals surface area contributed by atoms with Crippen LogP contribution >= 0.6 is 0 Å². The molecule has 12 aromatic rings. The van der Waals surface area contributed by atoms with E-state index in [1.807, 2.05) is 0 Å². The van der Waals surface area contributed by atoms with Crippen LogP contribution in [0.15, 0.2) is 188 Å². The number of fused-ring (bicyclic) bond motifs is 12. The second-order valence-corrected chi connectivity index (χ2v) is 14.2. The molecule has 246 valence electrons. The molecule has 3 heteroatoms. The Hall–Kier alpha value is -7.10. The van der Waals surface area contributed by atoms with Crippen LogP contribution in [0.3, 0.4) is 0 Å². The summed E-state index contributed by atoms with van der Waals surface area (Å²) < 4.78 is 7.27. The van der Waals surface area contributed by atoms with Crippen LogP contribution in [0.5, 0.6) is 0 Å². The number of aromatic nitrogens is 3. The third-order valence-corrected chi connectivity index (χ3v) is 11.4. The van der Waals surface area contributed by atoms with Crippen molar-refractivity contribution in [1.82, 2.24) is 13.7 Å². The molecule has 0 N–H and O–H groups in total. The molecule has 0 aliphatic carbocycles. The molecule has 0 unspecified atom stereocenters. The normalized spacial score (nSPS) is 12.2. The molecular weight excluding hydrogens is 643 g/mol. The van der Waals surface area contributed by atoms with Gasteiger partial charge in [-0.05, 0) is 94.3 Å². The first-order valence-electron chi connectivity index (χ1n) is 18.3. The van der Waals surface area contributed by atoms with Crippen LogP contribution in [0.25, 0.3) is 104 Å². The first kappa shape index (κ1) is 28.6. The number of hydrogen-bond acceptors (Lipinski definition) is 0. The zero-order chi connectivity index (χ0) is 34.6. The van der Waals surface area contributed by atoms with Gasteiger partial charge in [0.1, 0.15) is 0 Å². The molecule has 3 heterocycles. The Morgan fingerprint density at radius 3 is 1.13 bits per heavy atom. The predicted molar refractivity (Wildman–Crippen MR) is 224 cm³/mol. The van der Waals surface area contributed by atoms with Crippen LogP contribution in [-0.2, 0) is 0 Å². The van der Waals surface area contributed by atoms with E-state index < -0.39 is 0 Å². The van der Waals surface area contributed by atoms with Crippen LogP contribution in [0, 0.1) is 0 Å². The summed E-state index contributed by atoms with van der Waals surface area (Å²) in [5, 5.41) is 12.6. The molecule has 0 spiro atoms. The van der Waals surface area contributed by atoms with Crippen LogP contribution < -0.4 is 0 Å². The van der Waals surface area contributed by atoms with Crippen molar-refractivity contribution in [3.8, 4) is 17.1 Å². The van der Waals surface area contributed by atoms with Crippen molar-refractivity contribution in [1.29, 1.82) is 0 Å². The molecule has 0 aliphatic rings. The van der Waals surface area contributed by atoms with Crippen molar-refractivity contribution in [3.05, 3.63) is 188 Å². The summed E-state index contributed by atoms with van der Waals surface area (Å²) in [5.74, 6) is 0. The number of rotatable bonds is 3. The highest BCUT2D eigenvalue weighted by molar-refractivity contribution is 6.19. The minimum Gasteiger partial charge on any atom is -0.309 e. The minimum absolute atomic E-state index is 1.14. The Balaban J connectivity index is 1.10. The van der Waals surface area contributed by atoms with Crippen LogP contribution in [0.1, 0.15) is 0 Å². The van der Waals surface area contributed by atoms with E-state index >= 15 is 0 Å². The Labute approximate surface area is 304 Å². The van der Waals surface area contributed by atoms with Gasteiger partial charge in [-0.2, -0.15) is 0 Å². The molecule has 0 saturated heterocycles. The second kappa shape index (κ2) is 10.7. The molecular formula is C50H31N3. The van der Waals surface area contributed by atoms with Gasteiger partial charge in [-0.1, -0.05) is 115 Å². The van der Waals surface area contributed by atoms with Crippen molar-refractivity contribution < 1.29 is 0 Å². The minimum atomic E-state index is 1.14. The van der Waals surface area contributed by atoms with Gasteiger partial charge in [0.15, 0.2) is 0 Å². The van der Waals surface area contributed by atoms with Gasteiger partial charge >= 0.3 is 0 Å². The third kappa shape index (κ3) is 3.99. The van der Waals surface area contributed by atoms with Crippen LogP contribution in [0.4, 0.5) is 0 Å². The molecule has 0 radical (unpaired) electrons. The van der Waals surface area contributed by atoms with Gasteiger partial charge in [0.25, 0.3) is 0 Å². The fraction of sp³-hybridized carbons (Fsp3) is 0. The highest BCUT2D eigenvalue weighted by atomic mass is 15.0. The van der Waals surface area contributed by atoms with Gasteiger partial charge in [-0.25, -0.2) is 0 Å². The summed E-state index contributed by atoms with van der Waals surface area (Å²) >= 11 is 0. The molecule has 0 fully saturated rings. The monoisotopic (exact) mass is 673 g/mol. The number of para-hydroxylation sites is 4. The van der Waals surface area contributed by atoms with E-state index in [-0.39, 0.29) is 0 Å². The van der Waals surface area contributed by atoms with Gasteiger partial charge in [0, 0.05) is 49.4 Å². The topological polar surface area (TPSA) is 14.8 Å². The summed E-state index contributed by atoms with van der Waals surface area (Å²) in [6.07, 6.45) is 0. The van der Waals surface area contributed by atoms with Gasteiger partial charge < -0.3 is 13.7 Å². The molecule has 3 aromatic heterocycles. The Bertz CT molecular complexity index is 3390. The SMILES string of the molecule is c1ccc2c(c1)ccc1cc(-n3c4ccccc4c4cc5c6ccccc6n(-c6ccc(-n7c8ccccc8c8ccccc87)cc6)c5cc43)ccc12. The van der Waals surface area contributed by atoms with Gasteiger partial charge in [-0.15, -0.1) is 0 Å². The van der Waals surface area contributed by atoms with Gasteiger partial charge in [-0.3, -0.25) is 0 Å². The molecule has 0 aliphatic heterocycles. The summed E-state index contributed by atoms with van der Waals surface area (Å²) in [7, 11) is 0. The van der Waals surface area contributed by atoms with Crippen molar-refractivity contribution >= 4 is 87.0 Å². The molecule has 0 atom stereocenters. The Morgan fingerprint density at radius 1 is 0.208 bits per heavy atom. The maximum Gasteiger partial charge on any atom is 0.0562 e. The lowest BCUT2D eigenvalue weighted by Gasteiger charge is -2.13. The van der Waals surface area contributed by atoms with E-state index in [2.05, 4.69) is 202 Å². The lowest BCUT2D eigenvalue weighted by Crippen LogP contribution is -1.98. The zero-order valence-corrected chi connectivity index (χ0v) is 28.7. The van der Waals surface area contributed by atoms with E-state index in [1.165, 1.54) is 87.0 Å². The fourth-order valence-electron chi connectivity index (χ4n) is 9.08. The van der Waals surface area contributed by atoms with E-state index in [1.54, 1.807) is 0 Å².